The van der Waals surface area contributed by atoms with Crippen LogP contribution in [0.2, 0.25) is 0 Å². The van der Waals surface area contributed by atoms with Crippen molar-refractivity contribution in [1.29, 1.82) is 0 Å². The van der Waals surface area contributed by atoms with Crippen LogP contribution in [0, 0.1) is 5.92 Å². The highest BCUT2D eigenvalue weighted by molar-refractivity contribution is 5.01. The number of piperidine rings is 1. The van der Waals surface area contributed by atoms with Gasteiger partial charge in [-0.3, -0.25) is 4.90 Å². The average Bonchev–Trinajstić information content (AvgIpc) is 2.74. The molecule has 2 heteroatoms. The van der Waals surface area contributed by atoms with E-state index >= 15 is 0 Å². The van der Waals surface area contributed by atoms with Crippen molar-refractivity contribution in [2.75, 3.05) is 13.6 Å². The van der Waals surface area contributed by atoms with Gasteiger partial charge in [0.05, 0.1) is 0 Å². The van der Waals surface area contributed by atoms with E-state index in [1.165, 1.54) is 25.8 Å². The monoisotopic (exact) mass is 182 g/mol. The van der Waals surface area contributed by atoms with Crippen LogP contribution in [0.5, 0.6) is 0 Å². The summed E-state index contributed by atoms with van der Waals surface area (Å²) in [6.07, 6.45) is 4.12. The van der Waals surface area contributed by atoms with Gasteiger partial charge in [0, 0.05) is 24.7 Å². The highest BCUT2D eigenvalue weighted by Gasteiger charge is 2.44. The van der Waals surface area contributed by atoms with Crippen LogP contribution in [-0.2, 0) is 0 Å². The second-order valence-electron chi connectivity index (χ2n) is 4.73. The molecule has 13 heavy (non-hydrogen) atoms. The van der Waals surface area contributed by atoms with Crippen LogP contribution in [0.3, 0.4) is 0 Å². The third-order valence-corrected chi connectivity index (χ3v) is 4.11. The summed E-state index contributed by atoms with van der Waals surface area (Å²) >= 11 is 0. The van der Waals surface area contributed by atoms with E-state index in [9.17, 15) is 0 Å². The molecule has 0 aromatic rings. The van der Waals surface area contributed by atoms with Crippen LogP contribution in [0.25, 0.3) is 0 Å². The van der Waals surface area contributed by atoms with E-state index in [4.69, 9.17) is 0 Å². The Bertz CT molecular complexity index is 181. The lowest BCUT2D eigenvalue weighted by Gasteiger charge is -2.35. The minimum Gasteiger partial charge on any atom is -0.317 e. The minimum absolute atomic E-state index is 0.799. The fourth-order valence-corrected chi connectivity index (χ4v) is 3.12. The third kappa shape index (κ3) is 1.50. The Labute approximate surface area is 81.7 Å². The van der Waals surface area contributed by atoms with E-state index in [0.717, 1.165) is 24.0 Å². The molecule has 2 bridgehead atoms. The van der Waals surface area contributed by atoms with Gasteiger partial charge in [0.2, 0.25) is 0 Å². The van der Waals surface area contributed by atoms with Gasteiger partial charge in [-0.05, 0) is 39.2 Å². The fourth-order valence-electron chi connectivity index (χ4n) is 3.12. The molecule has 1 aliphatic heterocycles. The smallest absolute Gasteiger partial charge is 0.0120 e. The second kappa shape index (κ2) is 3.58. The average molecular weight is 182 g/mol. The Balaban J connectivity index is 1.95. The zero-order chi connectivity index (χ0) is 9.42. The van der Waals surface area contributed by atoms with Crippen molar-refractivity contribution >= 4 is 0 Å². The van der Waals surface area contributed by atoms with E-state index < -0.39 is 0 Å². The highest BCUT2D eigenvalue weighted by atomic mass is 15.2. The molecule has 76 valence electrons. The first-order chi connectivity index (χ1) is 6.26. The van der Waals surface area contributed by atoms with Crippen LogP contribution in [0.4, 0.5) is 0 Å². The lowest BCUT2D eigenvalue weighted by molar-refractivity contribution is 0.140. The predicted octanol–water partition coefficient (Wildman–Crippen LogP) is 1.47. The van der Waals surface area contributed by atoms with Gasteiger partial charge in [-0.2, -0.15) is 0 Å². The van der Waals surface area contributed by atoms with E-state index in [1.54, 1.807) is 0 Å². The summed E-state index contributed by atoms with van der Waals surface area (Å²) in [5, 5.41) is 3.45. The van der Waals surface area contributed by atoms with Crippen LogP contribution in [0.1, 0.15) is 33.1 Å². The fraction of sp³-hybridized carbons (Fsp3) is 1.00. The quantitative estimate of drug-likeness (QED) is 0.711. The summed E-state index contributed by atoms with van der Waals surface area (Å²) in [5.41, 5.74) is 0. The Morgan fingerprint density at radius 3 is 2.69 bits per heavy atom. The molecular formula is C11H22N2. The maximum absolute atomic E-state index is 3.45. The topological polar surface area (TPSA) is 15.3 Å². The van der Waals surface area contributed by atoms with Crippen molar-refractivity contribution in [1.82, 2.24) is 10.2 Å². The standard InChI is InChI=1S/C11H22N2/c1-4-8(2)13-7-9-5-10(13)6-11(9)12-3/h8-12H,4-7H2,1-3H3. The molecule has 0 amide bonds. The lowest BCUT2D eigenvalue weighted by Crippen LogP contribution is -2.45. The summed E-state index contributed by atoms with van der Waals surface area (Å²) in [5.74, 6) is 0.934. The van der Waals surface area contributed by atoms with Gasteiger partial charge in [-0.1, -0.05) is 6.92 Å². The lowest BCUT2D eigenvalue weighted by atomic mass is 10.0. The van der Waals surface area contributed by atoms with Gasteiger partial charge < -0.3 is 5.32 Å². The molecule has 2 rings (SSSR count). The van der Waals surface area contributed by atoms with E-state index in [2.05, 4.69) is 31.1 Å². The third-order valence-electron chi connectivity index (χ3n) is 4.11. The van der Waals surface area contributed by atoms with Crippen molar-refractivity contribution in [3.8, 4) is 0 Å². The van der Waals surface area contributed by atoms with Gasteiger partial charge in [-0.25, -0.2) is 0 Å². The zero-order valence-electron chi connectivity index (χ0n) is 9.09. The Morgan fingerprint density at radius 1 is 1.46 bits per heavy atom. The molecule has 2 nitrogen and oxygen atoms in total. The van der Waals surface area contributed by atoms with E-state index in [0.29, 0.717) is 0 Å². The Morgan fingerprint density at radius 2 is 2.23 bits per heavy atom. The molecule has 0 spiro atoms. The molecule has 1 heterocycles. The Kier molecular flexibility index (Phi) is 2.61. The number of hydrogen-bond donors (Lipinski definition) is 1. The molecule has 0 radical (unpaired) electrons. The highest BCUT2D eigenvalue weighted by Crippen LogP contribution is 2.39. The summed E-state index contributed by atoms with van der Waals surface area (Å²) < 4.78 is 0. The van der Waals surface area contributed by atoms with Gasteiger partial charge in [-0.15, -0.1) is 0 Å². The van der Waals surface area contributed by atoms with Gasteiger partial charge in [0.1, 0.15) is 0 Å². The molecule has 2 fully saturated rings. The van der Waals surface area contributed by atoms with Crippen molar-refractivity contribution in [2.24, 2.45) is 5.92 Å². The van der Waals surface area contributed by atoms with Crippen molar-refractivity contribution in [2.45, 2.75) is 51.2 Å². The number of likely N-dealkylation sites (tertiary alicyclic amines) is 1. The molecule has 4 atom stereocenters. The first kappa shape index (κ1) is 9.47. The number of hydrogen-bond acceptors (Lipinski definition) is 2. The maximum atomic E-state index is 3.45. The number of rotatable bonds is 3. The Hall–Kier alpha value is -0.0800. The number of nitrogens with one attached hydrogen (secondary N) is 1. The SMILES string of the molecule is CCC(C)N1CC2CC1CC2NC. The number of nitrogens with zero attached hydrogens (tertiary/aromatic N) is 1. The van der Waals surface area contributed by atoms with Crippen LogP contribution >= 0.6 is 0 Å². The number of fused-ring (bicyclic) bond motifs is 2. The molecule has 2 aliphatic rings. The predicted molar refractivity (Wildman–Crippen MR) is 55.8 cm³/mol. The molecule has 0 aromatic carbocycles. The van der Waals surface area contributed by atoms with Crippen molar-refractivity contribution in [3.05, 3.63) is 0 Å². The molecule has 1 aliphatic carbocycles. The van der Waals surface area contributed by atoms with Gasteiger partial charge >= 0.3 is 0 Å². The summed E-state index contributed by atoms with van der Waals surface area (Å²) in [6.45, 7) is 6.01. The van der Waals surface area contributed by atoms with Gasteiger partial charge in [0.25, 0.3) is 0 Å². The second-order valence-corrected chi connectivity index (χ2v) is 4.73. The molecular weight excluding hydrogens is 160 g/mol. The molecule has 1 saturated heterocycles. The maximum Gasteiger partial charge on any atom is 0.0120 e. The first-order valence-electron chi connectivity index (χ1n) is 5.69. The van der Waals surface area contributed by atoms with Gasteiger partial charge in [0.15, 0.2) is 0 Å². The van der Waals surface area contributed by atoms with E-state index in [-0.39, 0.29) is 0 Å². The largest absolute Gasteiger partial charge is 0.317 e. The summed E-state index contributed by atoms with van der Waals surface area (Å²) in [7, 11) is 2.11. The van der Waals surface area contributed by atoms with Crippen LogP contribution in [-0.4, -0.2) is 36.6 Å². The molecule has 1 N–H and O–H groups in total. The first-order valence-corrected chi connectivity index (χ1v) is 5.69. The minimum atomic E-state index is 0.799. The summed E-state index contributed by atoms with van der Waals surface area (Å²) in [4.78, 5) is 2.72. The van der Waals surface area contributed by atoms with Crippen molar-refractivity contribution in [3.63, 3.8) is 0 Å². The van der Waals surface area contributed by atoms with Crippen molar-refractivity contribution < 1.29 is 0 Å². The molecule has 0 aromatic heterocycles. The molecule has 1 saturated carbocycles. The van der Waals surface area contributed by atoms with E-state index in [1.807, 2.05) is 0 Å². The summed E-state index contributed by atoms with van der Waals surface area (Å²) in [6, 6.07) is 2.50. The van der Waals surface area contributed by atoms with Crippen LogP contribution in [0.15, 0.2) is 0 Å². The molecule has 4 unspecified atom stereocenters. The normalized spacial score (nSPS) is 41.3. The van der Waals surface area contributed by atoms with Crippen LogP contribution < -0.4 is 5.32 Å². The zero-order valence-corrected chi connectivity index (χ0v) is 9.09.